The van der Waals surface area contributed by atoms with Crippen LogP contribution in [-0.4, -0.2) is 46.0 Å². The third kappa shape index (κ3) is 6.89. The van der Waals surface area contributed by atoms with Crippen LogP contribution in [0.2, 0.25) is 0 Å². The van der Waals surface area contributed by atoms with E-state index in [1.54, 1.807) is 27.8 Å². The Morgan fingerprint density at radius 3 is 1.27 bits per heavy atom. The van der Waals surface area contributed by atoms with Crippen molar-refractivity contribution in [3.05, 3.63) is 176 Å². The molecule has 1 N–H and O–H groups in total. The summed E-state index contributed by atoms with van der Waals surface area (Å²) in [6.07, 6.45) is 1.51. The third-order valence-electron chi connectivity index (χ3n) is 8.25. The van der Waals surface area contributed by atoms with Crippen molar-refractivity contribution in [1.82, 2.24) is 35.0 Å². The van der Waals surface area contributed by atoms with Crippen LogP contribution in [-0.2, 0) is 20.1 Å². The summed E-state index contributed by atoms with van der Waals surface area (Å²) in [5.41, 5.74) is 5.45. The summed E-state index contributed by atoms with van der Waals surface area (Å²) in [5.74, 6) is -0.989. The second-order valence-electron chi connectivity index (χ2n) is 11.5. The van der Waals surface area contributed by atoms with Crippen LogP contribution in [0.5, 0.6) is 0 Å². The van der Waals surface area contributed by atoms with Gasteiger partial charge in [-0.05, 0) is 47.1 Å². The number of benzene rings is 7. The summed E-state index contributed by atoms with van der Waals surface area (Å²) in [6.45, 7) is 0. The largest absolute Gasteiger partial charge is 0.476 e. The van der Waals surface area contributed by atoms with E-state index < -0.39 is 5.97 Å². The second kappa shape index (κ2) is 15.1. The number of fused-ring (bicyclic) bond motifs is 5. The quantitative estimate of drug-likeness (QED) is 0.177. The summed E-state index contributed by atoms with van der Waals surface area (Å²) in [5, 5.41) is 33.0. The van der Waals surface area contributed by atoms with E-state index in [1.165, 1.54) is 6.20 Å². The molecular formula is C42H27IrN7O2-2. The SMILES string of the molecule is O=C(O)c1nccc2ccccc12.[Ir].[c-]1ccc2ccccc2c1-n1nc2ccccc2n1.[c-]1ccc2ccccc2c1-n1nc2ccccc2n1. The Kier molecular flexibility index (Phi) is 9.84. The topological polar surface area (TPSA) is 112 Å². The van der Waals surface area contributed by atoms with Gasteiger partial charge in [-0.25, -0.2) is 9.78 Å². The molecule has 0 spiro atoms. The van der Waals surface area contributed by atoms with Crippen LogP contribution in [0, 0.1) is 12.1 Å². The van der Waals surface area contributed by atoms with Crippen LogP contribution in [0.4, 0.5) is 0 Å². The summed E-state index contributed by atoms with van der Waals surface area (Å²) in [4.78, 5) is 17.9. The number of pyridine rings is 1. The fourth-order valence-electron chi connectivity index (χ4n) is 5.83. The van der Waals surface area contributed by atoms with Crippen LogP contribution in [0.25, 0.3) is 65.8 Å². The van der Waals surface area contributed by atoms with Crippen molar-refractivity contribution in [2.75, 3.05) is 0 Å². The molecule has 9 nitrogen and oxygen atoms in total. The Morgan fingerprint density at radius 2 is 0.846 bits per heavy atom. The normalized spacial score (nSPS) is 10.7. The van der Waals surface area contributed by atoms with E-state index in [1.807, 2.05) is 109 Å². The van der Waals surface area contributed by atoms with Crippen molar-refractivity contribution in [2.45, 2.75) is 0 Å². The number of nitrogens with zero attached hydrogens (tertiary/aromatic N) is 7. The zero-order valence-electron chi connectivity index (χ0n) is 27.3. The predicted octanol–water partition coefficient (Wildman–Crippen LogP) is 8.68. The Labute approximate surface area is 311 Å². The van der Waals surface area contributed by atoms with E-state index in [2.05, 4.69) is 61.8 Å². The number of aromatic carboxylic acids is 1. The van der Waals surface area contributed by atoms with Crippen molar-refractivity contribution in [2.24, 2.45) is 0 Å². The number of hydrogen-bond donors (Lipinski definition) is 1. The molecule has 0 unspecified atom stereocenters. The molecule has 0 aliphatic rings. The number of carboxylic acid groups (broad SMARTS) is 1. The smallest absolute Gasteiger partial charge is 0.355 e. The van der Waals surface area contributed by atoms with Gasteiger partial charge in [0.15, 0.2) is 5.69 Å². The van der Waals surface area contributed by atoms with Gasteiger partial charge in [-0.15, -0.1) is 33.7 Å². The number of carboxylic acids is 1. The van der Waals surface area contributed by atoms with Crippen LogP contribution in [0.15, 0.2) is 158 Å². The summed E-state index contributed by atoms with van der Waals surface area (Å²) in [7, 11) is 0. The minimum atomic E-state index is -0.989. The molecule has 10 heteroatoms. The molecule has 52 heavy (non-hydrogen) atoms. The molecule has 1 radical (unpaired) electrons. The van der Waals surface area contributed by atoms with Crippen molar-refractivity contribution >= 4 is 60.4 Å². The van der Waals surface area contributed by atoms with Gasteiger partial charge in [-0.2, -0.15) is 66.4 Å². The molecule has 3 heterocycles. The third-order valence-corrected chi connectivity index (χ3v) is 8.25. The molecule has 3 aromatic heterocycles. The Balaban J connectivity index is 0.000000123. The summed E-state index contributed by atoms with van der Waals surface area (Å²) >= 11 is 0. The van der Waals surface area contributed by atoms with Crippen LogP contribution < -0.4 is 0 Å². The van der Waals surface area contributed by atoms with Crippen molar-refractivity contribution in [3.63, 3.8) is 0 Å². The maximum atomic E-state index is 10.8. The van der Waals surface area contributed by atoms with Crippen LogP contribution in [0.1, 0.15) is 10.5 Å². The number of carbonyl (C=O) groups is 1. The van der Waals surface area contributed by atoms with E-state index in [0.29, 0.717) is 5.39 Å². The molecule has 0 atom stereocenters. The fraction of sp³-hybridized carbons (Fsp3) is 0. The average Bonchev–Trinajstić information content (AvgIpc) is 3.83. The van der Waals surface area contributed by atoms with Crippen LogP contribution in [0.3, 0.4) is 0 Å². The maximum absolute atomic E-state index is 10.8. The minimum Gasteiger partial charge on any atom is -0.476 e. The molecule has 0 fully saturated rings. The van der Waals surface area contributed by atoms with Gasteiger partial charge in [-0.1, -0.05) is 84.9 Å². The molecule has 10 rings (SSSR count). The van der Waals surface area contributed by atoms with Crippen molar-refractivity contribution < 1.29 is 30.0 Å². The first-order chi connectivity index (χ1) is 25.1. The Hall–Kier alpha value is -6.61. The van der Waals surface area contributed by atoms with Crippen molar-refractivity contribution in [3.8, 4) is 11.4 Å². The van der Waals surface area contributed by atoms with E-state index >= 15 is 0 Å². The first-order valence-corrected chi connectivity index (χ1v) is 16.1. The van der Waals surface area contributed by atoms with Gasteiger partial charge < -0.3 is 5.11 Å². The van der Waals surface area contributed by atoms with Crippen molar-refractivity contribution in [1.29, 1.82) is 0 Å². The minimum absolute atomic E-state index is 0. The molecule has 0 saturated carbocycles. The summed E-state index contributed by atoms with van der Waals surface area (Å²) < 4.78 is 0. The zero-order valence-corrected chi connectivity index (χ0v) is 29.7. The van der Waals surface area contributed by atoms with E-state index in [9.17, 15) is 4.79 Å². The molecular weight excluding hydrogens is 827 g/mol. The molecule has 10 aromatic rings. The van der Waals surface area contributed by atoms with Gasteiger partial charge in [0.2, 0.25) is 0 Å². The summed E-state index contributed by atoms with van der Waals surface area (Å²) in [6, 6.07) is 55.5. The second-order valence-corrected chi connectivity index (χ2v) is 11.5. The standard InChI is InChI=1S/2C16H10N3.C10H7NO2.Ir/c2*1-2-8-13-12(6-1)7-5-11-16(13)19-17-14-9-3-4-10-15(14)18-19;12-10(13)9-8-4-2-1-3-7(8)5-6-11-9;/h2*1-10H;1-6H,(H,12,13);/q2*-1;;. The maximum Gasteiger partial charge on any atom is 0.355 e. The number of aromatic nitrogens is 7. The van der Waals surface area contributed by atoms with Gasteiger partial charge >= 0.3 is 5.97 Å². The van der Waals surface area contributed by atoms with Gasteiger partial charge in [0, 0.05) is 31.7 Å². The van der Waals surface area contributed by atoms with Gasteiger partial charge in [0.1, 0.15) is 22.1 Å². The first-order valence-electron chi connectivity index (χ1n) is 16.1. The van der Waals surface area contributed by atoms with Gasteiger partial charge in [0.25, 0.3) is 0 Å². The molecule has 0 saturated heterocycles. The molecule has 7 aromatic carbocycles. The number of hydrogen-bond acceptors (Lipinski definition) is 6. The Bertz CT molecular complexity index is 2600. The molecule has 0 amide bonds. The number of rotatable bonds is 3. The van der Waals surface area contributed by atoms with Gasteiger partial charge in [0.05, 0.1) is 0 Å². The molecule has 0 aliphatic heterocycles. The first kappa shape index (κ1) is 33.9. The van der Waals surface area contributed by atoms with Gasteiger partial charge in [-0.3, -0.25) is 0 Å². The predicted molar refractivity (Wildman–Crippen MR) is 199 cm³/mol. The van der Waals surface area contributed by atoms with Crippen LogP contribution >= 0.6 is 0 Å². The molecule has 253 valence electrons. The average molecular weight is 854 g/mol. The monoisotopic (exact) mass is 854 g/mol. The van der Waals surface area contributed by atoms with E-state index in [-0.39, 0.29) is 25.8 Å². The van der Waals surface area contributed by atoms with E-state index in [4.69, 9.17) is 5.11 Å². The Morgan fingerprint density at radius 1 is 0.481 bits per heavy atom. The zero-order chi connectivity index (χ0) is 34.6. The molecule has 0 aliphatic carbocycles. The molecule has 0 bridgehead atoms. The van der Waals surface area contributed by atoms with E-state index in [0.717, 1.165) is 60.4 Å². The fourth-order valence-corrected chi connectivity index (χ4v) is 5.83.